The Morgan fingerprint density at radius 3 is 2.00 bits per heavy atom. The monoisotopic (exact) mass is 356 g/mol. The van der Waals surface area contributed by atoms with Crippen molar-refractivity contribution >= 4 is 16.7 Å². The van der Waals surface area contributed by atoms with E-state index < -0.39 is 5.97 Å². The maximum absolute atomic E-state index is 10.4. The maximum atomic E-state index is 10.4. The third kappa shape index (κ3) is 7.90. The summed E-state index contributed by atoms with van der Waals surface area (Å²) in [6.45, 7) is 0.789. The molecule has 142 valence electrons. The van der Waals surface area contributed by atoms with Crippen LogP contribution in [0.15, 0.2) is 42.5 Å². The summed E-state index contributed by atoms with van der Waals surface area (Å²) >= 11 is 0. The van der Waals surface area contributed by atoms with Crippen LogP contribution in [0.25, 0.3) is 10.8 Å². The molecule has 0 aromatic heterocycles. The summed E-state index contributed by atoms with van der Waals surface area (Å²) in [5.74, 6) is 0.320. The molecule has 0 aliphatic heterocycles. The molecule has 0 amide bonds. The highest BCUT2D eigenvalue weighted by Gasteiger charge is 2.01. The Kier molecular flexibility index (Phi) is 9.63. The number of unbranched alkanes of at least 4 members (excludes halogenated alkanes) is 9. The molecule has 2 aromatic carbocycles. The molecule has 0 aliphatic rings. The first-order valence-corrected chi connectivity index (χ1v) is 10.1. The van der Waals surface area contributed by atoms with Crippen LogP contribution >= 0.6 is 0 Å². The third-order valence-corrected chi connectivity index (χ3v) is 4.79. The lowest BCUT2D eigenvalue weighted by molar-refractivity contribution is -0.137. The second kappa shape index (κ2) is 12.3. The molecule has 0 fully saturated rings. The lowest BCUT2D eigenvalue weighted by atomic mass is 10.1. The molecule has 1 N–H and O–H groups in total. The van der Waals surface area contributed by atoms with Gasteiger partial charge in [-0.2, -0.15) is 0 Å². The summed E-state index contributed by atoms with van der Waals surface area (Å²) in [7, 11) is 0. The van der Waals surface area contributed by atoms with Gasteiger partial charge < -0.3 is 9.84 Å². The fourth-order valence-electron chi connectivity index (χ4n) is 3.30. The number of carbonyl (C=O) groups is 1. The lowest BCUT2D eigenvalue weighted by Gasteiger charge is -2.09. The quantitative estimate of drug-likeness (QED) is 0.388. The molecule has 26 heavy (non-hydrogen) atoms. The Hall–Kier alpha value is -2.03. The first-order valence-electron chi connectivity index (χ1n) is 10.1. The minimum Gasteiger partial charge on any atom is -0.493 e. The minimum absolute atomic E-state index is 0.320. The van der Waals surface area contributed by atoms with E-state index in [0.29, 0.717) is 6.42 Å². The summed E-state index contributed by atoms with van der Waals surface area (Å²) in [5.41, 5.74) is 0. The molecule has 2 aromatic rings. The van der Waals surface area contributed by atoms with E-state index in [9.17, 15) is 4.79 Å². The van der Waals surface area contributed by atoms with Crippen LogP contribution in [0.1, 0.15) is 70.6 Å². The number of ether oxygens (including phenoxy) is 1. The smallest absolute Gasteiger partial charge is 0.303 e. The summed E-state index contributed by atoms with van der Waals surface area (Å²) in [6, 6.07) is 14.6. The van der Waals surface area contributed by atoms with Gasteiger partial charge in [0.1, 0.15) is 5.75 Å². The molecule has 0 saturated carbocycles. The van der Waals surface area contributed by atoms with Gasteiger partial charge in [-0.25, -0.2) is 0 Å². The van der Waals surface area contributed by atoms with Crippen LogP contribution in [-0.4, -0.2) is 17.7 Å². The molecular formula is C23H32O3. The number of aliphatic carboxylic acids is 1. The van der Waals surface area contributed by atoms with Gasteiger partial charge >= 0.3 is 5.97 Å². The van der Waals surface area contributed by atoms with Gasteiger partial charge in [0, 0.05) is 11.8 Å². The van der Waals surface area contributed by atoms with Crippen LogP contribution in [-0.2, 0) is 4.79 Å². The first kappa shape index (κ1) is 20.3. The van der Waals surface area contributed by atoms with Gasteiger partial charge in [0.25, 0.3) is 0 Å². The number of carboxylic acids is 1. The second-order valence-corrected chi connectivity index (χ2v) is 7.01. The van der Waals surface area contributed by atoms with E-state index in [2.05, 4.69) is 42.5 Å². The highest BCUT2D eigenvalue weighted by atomic mass is 16.5. The van der Waals surface area contributed by atoms with Gasteiger partial charge in [-0.1, -0.05) is 87.8 Å². The molecule has 2 rings (SSSR count). The van der Waals surface area contributed by atoms with Gasteiger partial charge in [0.15, 0.2) is 0 Å². The molecule has 0 radical (unpaired) electrons. The summed E-state index contributed by atoms with van der Waals surface area (Å²) in [6.07, 6.45) is 12.1. The van der Waals surface area contributed by atoms with E-state index in [1.54, 1.807) is 0 Å². The number of hydrogen-bond acceptors (Lipinski definition) is 2. The molecule has 0 saturated heterocycles. The second-order valence-electron chi connectivity index (χ2n) is 7.01. The van der Waals surface area contributed by atoms with Crippen molar-refractivity contribution in [1.29, 1.82) is 0 Å². The lowest BCUT2D eigenvalue weighted by Crippen LogP contribution is -1.97. The van der Waals surface area contributed by atoms with Crippen molar-refractivity contribution < 1.29 is 14.6 Å². The SMILES string of the molecule is O=C(O)CCCCCCCCCCCCOc1cccc2ccccc12. The Bertz CT molecular complexity index is 645. The predicted octanol–water partition coefficient (Wildman–Crippen LogP) is 6.59. The number of fused-ring (bicyclic) bond motifs is 1. The highest BCUT2D eigenvalue weighted by Crippen LogP contribution is 2.25. The molecule has 0 aliphatic carbocycles. The maximum Gasteiger partial charge on any atom is 0.303 e. The van der Waals surface area contributed by atoms with Crippen LogP contribution in [0.4, 0.5) is 0 Å². The zero-order valence-corrected chi connectivity index (χ0v) is 15.8. The van der Waals surface area contributed by atoms with Gasteiger partial charge in [0.05, 0.1) is 6.61 Å². The molecule has 0 atom stereocenters. The molecular weight excluding hydrogens is 324 g/mol. The van der Waals surface area contributed by atoms with Crippen molar-refractivity contribution in [2.45, 2.75) is 70.6 Å². The van der Waals surface area contributed by atoms with E-state index in [0.717, 1.165) is 31.6 Å². The Balaban J connectivity index is 1.44. The fraction of sp³-hybridized carbons (Fsp3) is 0.522. The summed E-state index contributed by atoms with van der Waals surface area (Å²) < 4.78 is 5.98. The van der Waals surface area contributed by atoms with Crippen LogP contribution in [0.3, 0.4) is 0 Å². The normalized spacial score (nSPS) is 10.9. The minimum atomic E-state index is -0.672. The topological polar surface area (TPSA) is 46.5 Å². The average Bonchev–Trinajstić information content (AvgIpc) is 2.65. The van der Waals surface area contributed by atoms with Gasteiger partial charge in [-0.05, 0) is 24.3 Å². The van der Waals surface area contributed by atoms with Crippen LogP contribution in [0, 0.1) is 0 Å². The van der Waals surface area contributed by atoms with Crippen molar-refractivity contribution in [2.24, 2.45) is 0 Å². The molecule has 0 bridgehead atoms. The van der Waals surface area contributed by atoms with Crippen molar-refractivity contribution in [1.82, 2.24) is 0 Å². The zero-order chi connectivity index (χ0) is 18.5. The van der Waals surface area contributed by atoms with Crippen molar-refractivity contribution in [3.63, 3.8) is 0 Å². The number of carboxylic acid groups (broad SMARTS) is 1. The average molecular weight is 357 g/mol. The standard InChI is InChI=1S/C23H32O3/c24-23(25)18-9-7-5-3-1-2-4-6-8-12-19-26-22-17-13-15-20-14-10-11-16-21(20)22/h10-11,13-17H,1-9,12,18-19H2,(H,24,25). The Labute approximate surface area is 157 Å². The first-order chi connectivity index (χ1) is 12.8. The molecule has 0 heterocycles. The number of hydrogen-bond donors (Lipinski definition) is 1. The van der Waals surface area contributed by atoms with Crippen molar-refractivity contribution in [3.8, 4) is 5.75 Å². The Morgan fingerprint density at radius 1 is 0.731 bits per heavy atom. The van der Waals surface area contributed by atoms with E-state index in [-0.39, 0.29) is 0 Å². The third-order valence-electron chi connectivity index (χ3n) is 4.79. The largest absolute Gasteiger partial charge is 0.493 e. The Morgan fingerprint density at radius 2 is 1.31 bits per heavy atom. The van der Waals surface area contributed by atoms with Crippen molar-refractivity contribution in [2.75, 3.05) is 6.61 Å². The van der Waals surface area contributed by atoms with Gasteiger partial charge in [-0.15, -0.1) is 0 Å². The van der Waals surface area contributed by atoms with Gasteiger partial charge in [-0.3, -0.25) is 4.79 Å². The zero-order valence-electron chi connectivity index (χ0n) is 15.8. The highest BCUT2D eigenvalue weighted by molar-refractivity contribution is 5.88. The fourth-order valence-corrected chi connectivity index (χ4v) is 3.30. The van der Waals surface area contributed by atoms with E-state index in [1.165, 1.54) is 55.7 Å². The van der Waals surface area contributed by atoms with E-state index in [4.69, 9.17) is 9.84 Å². The van der Waals surface area contributed by atoms with Crippen LogP contribution in [0.2, 0.25) is 0 Å². The molecule has 0 unspecified atom stereocenters. The van der Waals surface area contributed by atoms with E-state index >= 15 is 0 Å². The van der Waals surface area contributed by atoms with Crippen LogP contribution in [0.5, 0.6) is 5.75 Å². The van der Waals surface area contributed by atoms with Crippen LogP contribution < -0.4 is 4.74 Å². The number of benzene rings is 2. The summed E-state index contributed by atoms with van der Waals surface area (Å²) in [5, 5.41) is 11.0. The predicted molar refractivity (Wildman–Crippen MR) is 108 cm³/mol. The summed E-state index contributed by atoms with van der Waals surface area (Å²) in [4.78, 5) is 10.4. The van der Waals surface area contributed by atoms with E-state index in [1.807, 2.05) is 0 Å². The number of rotatable bonds is 14. The van der Waals surface area contributed by atoms with Gasteiger partial charge in [0.2, 0.25) is 0 Å². The van der Waals surface area contributed by atoms with Crippen molar-refractivity contribution in [3.05, 3.63) is 42.5 Å². The molecule has 3 heteroatoms. The molecule has 0 spiro atoms. The molecule has 3 nitrogen and oxygen atoms in total.